The fourth-order valence-electron chi connectivity index (χ4n) is 1.93. The van der Waals surface area contributed by atoms with Gasteiger partial charge in [0.15, 0.2) is 0 Å². The highest BCUT2D eigenvalue weighted by Gasteiger charge is 2.13. The second-order valence-corrected chi connectivity index (χ2v) is 5.48. The molecule has 0 saturated carbocycles. The summed E-state index contributed by atoms with van der Waals surface area (Å²) in [7, 11) is 0. The summed E-state index contributed by atoms with van der Waals surface area (Å²) in [6, 6.07) is 5.95. The molecule has 0 atom stereocenters. The minimum Gasteiger partial charge on any atom is -0.354 e. The summed E-state index contributed by atoms with van der Waals surface area (Å²) >= 11 is 3.54. The van der Waals surface area contributed by atoms with E-state index < -0.39 is 0 Å². The molecule has 0 saturated heterocycles. The van der Waals surface area contributed by atoms with Gasteiger partial charge in [-0.2, -0.15) is 4.98 Å². The number of nitrogens with zero attached hydrogens (tertiary/aromatic N) is 4. The van der Waals surface area contributed by atoms with Gasteiger partial charge >= 0.3 is 0 Å². The predicted molar refractivity (Wildman–Crippen MR) is 89.5 cm³/mol. The molecule has 0 fully saturated rings. The Hall–Kier alpha value is -1.69. The van der Waals surface area contributed by atoms with E-state index in [4.69, 9.17) is 0 Å². The van der Waals surface area contributed by atoms with E-state index in [2.05, 4.69) is 54.9 Å². The van der Waals surface area contributed by atoms with Crippen molar-refractivity contribution in [2.75, 3.05) is 23.3 Å². The van der Waals surface area contributed by atoms with E-state index in [9.17, 15) is 0 Å². The summed E-state index contributed by atoms with van der Waals surface area (Å²) in [6.07, 6.45) is 4.65. The Balaban J connectivity index is 2.20. The van der Waals surface area contributed by atoms with Gasteiger partial charge in [0.2, 0.25) is 5.95 Å². The number of rotatable bonds is 7. The average Bonchev–Trinajstić information content (AvgIpc) is 2.53. The molecule has 112 valence electrons. The van der Waals surface area contributed by atoms with Crippen LogP contribution in [0.2, 0.25) is 0 Å². The van der Waals surface area contributed by atoms with Crippen LogP contribution in [0.3, 0.4) is 0 Å². The van der Waals surface area contributed by atoms with Crippen LogP contribution in [0.25, 0.3) is 0 Å². The van der Waals surface area contributed by atoms with E-state index in [1.54, 1.807) is 6.20 Å². The van der Waals surface area contributed by atoms with Crippen molar-refractivity contribution >= 4 is 27.7 Å². The van der Waals surface area contributed by atoms with E-state index in [1.807, 2.05) is 24.4 Å². The maximum absolute atomic E-state index is 4.61. The molecule has 0 aromatic carbocycles. The molecule has 0 radical (unpaired) electrons. The molecule has 5 nitrogen and oxygen atoms in total. The summed E-state index contributed by atoms with van der Waals surface area (Å²) in [6.45, 7) is 6.66. The monoisotopic (exact) mass is 349 g/mol. The van der Waals surface area contributed by atoms with Crippen molar-refractivity contribution in [3.05, 3.63) is 40.8 Å². The highest BCUT2D eigenvalue weighted by Crippen LogP contribution is 2.25. The maximum atomic E-state index is 4.61. The van der Waals surface area contributed by atoms with Crippen LogP contribution in [-0.2, 0) is 6.54 Å². The smallest absolute Gasteiger partial charge is 0.224 e. The lowest BCUT2D eigenvalue weighted by Crippen LogP contribution is -2.24. The van der Waals surface area contributed by atoms with Crippen LogP contribution in [0.4, 0.5) is 11.8 Å². The third-order valence-electron chi connectivity index (χ3n) is 3.02. The molecule has 6 heteroatoms. The van der Waals surface area contributed by atoms with Crippen LogP contribution < -0.4 is 10.2 Å². The van der Waals surface area contributed by atoms with E-state index in [-0.39, 0.29) is 0 Å². The Labute approximate surface area is 134 Å². The molecule has 0 aliphatic heterocycles. The lowest BCUT2D eigenvalue weighted by Gasteiger charge is -2.23. The number of anilines is 2. The van der Waals surface area contributed by atoms with Gasteiger partial charge in [0.1, 0.15) is 5.82 Å². The van der Waals surface area contributed by atoms with E-state index in [1.165, 1.54) is 0 Å². The molecule has 0 aliphatic carbocycles. The average molecular weight is 350 g/mol. The van der Waals surface area contributed by atoms with E-state index in [0.29, 0.717) is 5.95 Å². The summed E-state index contributed by atoms with van der Waals surface area (Å²) in [5, 5.41) is 3.22. The number of hydrogen-bond acceptors (Lipinski definition) is 5. The zero-order chi connectivity index (χ0) is 15.1. The number of halogens is 1. The van der Waals surface area contributed by atoms with Crippen molar-refractivity contribution in [1.29, 1.82) is 0 Å². The van der Waals surface area contributed by atoms with Crippen LogP contribution in [0.15, 0.2) is 35.1 Å². The molecule has 0 aliphatic rings. The minimum atomic E-state index is 0.662. The second kappa shape index (κ2) is 7.93. The van der Waals surface area contributed by atoms with Gasteiger partial charge in [-0.25, -0.2) is 4.98 Å². The van der Waals surface area contributed by atoms with Gasteiger partial charge in [-0.15, -0.1) is 0 Å². The van der Waals surface area contributed by atoms with Crippen molar-refractivity contribution in [3.8, 4) is 0 Å². The molecule has 0 unspecified atom stereocenters. The number of nitrogens with one attached hydrogen (secondary N) is 1. The zero-order valence-electron chi connectivity index (χ0n) is 12.4. The van der Waals surface area contributed by atoms with Crippen LogP contribution in [0.5, 0.6) is 0 Å². The van der Waals surface area contributed by atoms with Gasteiger partial charge in [0.05, 0.1) is 16.7 Å². The van der Waals surface area contributed by atoms with Crippen molar-refractivity contribution in [2.24, 2.45) is 0 Å². The summed E-state index contributed by atoms with van der Waals surface area (Å²) < 4.78 is 0.891. The van der Waals surface area contributed by atoms with Gasteiger partial charge in [-0.1, -0.05) is 13.0 Å². The van der Waals surface area contributed by atoms with Crippen molar-refractivity contribution in [1.82, 2.24) is 15.0 Å². The molecule has 1 N–H and O–H groups in total. The molecular formula is C15H20BrN5. The molecular weight excluding hydrogens is 330 g/mol. The first-order valence-corrected chi connectivity index (χ1v) is 7.95. The highest BCUT2D eigenvalue weighted by atomic mass is 79.9. The summed E-state index contributed by atoms with van der Waals surface area (Å²) in [5.74, 6) is 1.55. The third-order valence-corrected chi connectivity index (χ3v) is 3.58. The topological polar surface area (TPSA) is 53.9 Å². The van der Waals surface area contributed by atoms with Crippen molar-refractivity contribution in [2.45, 2.75) is 26.8 Å². The lowest BCUT2D eigenvalue weighted by molar-refractivity contribution is 0.787. The minimum absolute atomic E-state index is 0.662. The van der Waals surface area contributed by atoms with Gasteiger partial charge in [-0.05, 0) is 41.4 Å². The molecule has 2 heterocycles. The van der Waals surface area contributed by atoms with Gasteiger partial charge in [0.25, 0.3) is 0 Å². The summed E-state index contributed by atoms with van der Waals surface area (Å²) in [5.41, 5.74) is 1.02. The van der Waals surface area contributed by atoms with Crippen LogP contribution in [0.1, 0.15) is 26.0 Å². The molecule has 2 aromatic rings. The van der Waals surface area contributed by atoms with Gasteiger partial charge in [0, 0.05) is 25.5 Å². The van der Waals surface area contributed by atoms with Crippen LogP contribution in [-0.4, -0.2) is 28.0 Å². The quantitative estimate of drug-likeness (QED) is 0.829. The maximum Gasteiger partial charge on any atom is 0.224 e. The first kappa shape index (κ1) is 15.7. The molecule has 0 bridgehead atoms. The SMILES string of the molecule is CCCNc1ncc(Br)c(N(CC)Cc2ccccn2)n1. The van der Waals surface area contributed by atoms with Crippen molar-refractivity contribution in [3.63, 3.8) is 0 Å². The Bertz CT molecular complexity index is 561. The third kappa shape index (κ3) is 4.39. The summed E-state index contributed by atoms with van der Waals surface area (Å²) in [4.78, 5) is 15.4. The predicted octanol–water partition coefficient (Wildman–Crippen LogP) is 3.48. The first-order valence-electron chi connectivity index (χ1n) is 7.15. The van der Waals surface area contributed by atoms with E-state index >= 15 is 0 Å². The van der Waals surface area contributed by atoms with Crippen LogP contribution >= 0.6 is 15.9 Å². The Morgan fingerprint density at radius 2 is 2.10 bits per heavy atom. The number of hydrogen-bond donors (Lipinski definition) is 1. The normalized spacial score (nSPS) is 10.4. The molecule has 2 rings (SSSR count). The zero-order valence-corrected chi connectivity index (χ0v) is 14.0. The first-order chi connectivity index (χ1) is 10.2. The molecule has 0 amide bonds. The van der Waals surface area contributed by atoms with Crippen molar-refractivity contribution < 1.29 is 0 Å². The Morgan fingerprint density at radius 3 is 2.76 bits per heavy atom. The standard InChI is InChI=1S/C15H20BrN5/c1-3-8-18-15-19-10-13(16)14(20-15)21(4-2)11-12-7-5-6-9-17-12/h5-7,9-10H,3-4,8,11H2,1-2H3,(H,18,19,20). The number of aromatic nitrogens is 3. The lowest BCUT2D eigenvalue weighted by atomic mass is 10.3. The van der Waals surface area contributed by atoms with E-state index in [0.717, 1.165) is 42.0 Å². The van der Waals surface area contributed by atoms with Gasteiger partial charge < -0.3 is 10.2 Å². The van der Waals surface area contributed by atoms with Gasteiger partial charge in [-0.3, -0.25) is 4.98 Å². The highest BCUT2D eigenvalue weighted by molar-refractivity contribution is 9.10. The molecule has 2 aromatic heterocycles. The second-order valence-electron chi connectivity index (χ2n) is 4.63. The largest absolute Gasteiger partial charge is 0.354 e. The fourth-order valence-corrected chi connectivity index (χ4v) is 2.37. The fraction of sp³-hybridized carbons (Fsp3) is 0.400. The Morgan fingerprint density at radius 1 is 1.24 bits per heavy atom. The Kier molecular flexibility index (Phi) is 5.92. The number of pyridine rings is 1. The molecule has 21 heavy (non-hydrogen) atoms. The van der Waals surface area contributed by atoms with Crippen LogP contribution in [0, 0.1) is 0 Å². The molecule has 0 spiro atoms.